The van der Waals surface area contributed by atoms with Crippen LogP contribution in [0.2, 0.25) is 0 Å². The fourth-order valence-corrected chi connectivity index (χ4v) is 4.66. The van der Waals surface area contributed by atoms with Gasteiger partial charge in [0.25, 0.3) is 0 Å². The fraction of sp³-hybridized carbons (Fsp3) is 0.433. The van der Waals surface area contributed by atoms with Crippen LogP contribution in [0.4, 0.5) is 45.5 Å². The van der Waals surface area contributed by atoms with Crippen LogP contribution in [0.3, 0.4) is 0 Å². The maximum atomic E-state index is 13.5. The number of halogens is 10. The normalized spacial score (nSPS) is 12.6. The molecule has 0 unspecified atom stereocenters. The van der Waals surface area contributed by atoms with E-state index in [1.807, 2.05) is 0 Å². The quantitative estimate of drug-likeness (QED) is 0.110. The van der Waals surface area contributed by atoms with Gasteiger partial charge < -0.3 is 19.1 Å². The first-order valence-corrected chi connectivity index (χ1v) is 14.5. The summed E-state index contributed by atoms with van der Waals surface area (Å²) in [6.45, 7) is 4.24. The van der Waals surface area contributed by atoms with Crippen molar-refractivity contribution in [1.82, 2.24) is 9.97 Å². The third-order valence-electron chi connectivity index (χ3n) is 6.17. The highest BCUT2D eigenvalue weighted by atomic mass is 79.9. The molecule has 0 amide bonds. The molecule has 0 bridgehead atoms. The largest absolute Gasteiger partial charge is 0.496 e. The molecule has 17 heteroatoms. The van der Waals surface area contributed by atoms with Crippen molar-refractivity contribution in [2.45, 2.75) is 70.8 Å². The Bertz CT molecular complexity index is 1510. The number of benzene rings is 2. The molecule has 0 atom stereocenters. The first-order chi connectivity index (χ1) is 21.6. The molecule has 0 spiro atoms. The molecular formula is C30H29BrF9N3O4. The molecule has 0 aliphatic rings. The average Bonchev–Trinajstić information content (AvgIpc) is 2.93. The molecule has 1 aromatic heterocycles. The zero-order valence-corrected chi connectivity index (χ0v) is 26.9. The predicted octanol–water partition coefficient (Wildman–Crippen LogP) is 9.01. The summed E-state index contributed by atoms with van der Waals surface area (Å²) < 4.78 is 137. The third kappa shape index (κ3) is 11.2. The molecule has 3 rings (SSSR count). The van der Waals surface area contributed by atoms with Gasteiger partial charge in [0, 0.05) is 24.0 Å². The van der Waals surface area contributed by atoms with Crippen molar-refractivity contribution in [3.63, 3.8) is 0 Å². The minimum Gasteiger partial charge on any atom is -0.496 e. The van der Waals surface area contributed by atoms with Crippen LogP contribution in [0.25, 0.3) is 0 Å². The smallest absolute Gasteiger partial charge is 0.420 e. The van der Waals surface area contributed by atoms with Crippen molar-refractivity contribution in [2.75, 3.05) is 18.6 Å². The first kappa shape index (κ1) is 37.7. The van der Waals surface area contributed by atoms with Gasteiger partial charge in [0.1, 0.15) is 11.4 Å². The summed E-state index contributed by atoms with van der Waals surface area (Å²) in [6.07, 6.45) is -12.3. The summed E-state index contributed by atoms with van der Waals surface area (Å²) in [7, 11) is 1.01. The topological polar surface area (TPSA) is 73.8 Å². The van der Waals surface area contributed by atoms with Crippen molar-refractivity contribution in [3.8, 4) is 11.5 Å². The van der Waals surface area contributed by atoms with Gasteiger partial charge in [-0.15, -0.1) is 0 Å². The lowest BCUT2D eigenvalue weighted by molar-refractivity contribution is -0.155. The van der Waals surface area contributed by atoms with Crippen LogP contribution in [0, 0.1) is 0 Å². The Morgan fingerprint density at radius 1 is 0.830 bits per heavy atom. The molecule has 1 heterocycles. The van der Waals surface area contributed by atoms with E-state index in [9.17, 15) is 44.3 Å². The van der Waals surface area contributed by atoms with Crippen LogP contribution < -0.4 is 14.4 Å². The predicted molar refractivity (Wildman–Crippen MR) is 155 cm³/mol. The van der Waals surface area contributed by atoms with Gasteiger partial charge in [-0.2, -0.15) is 39.5 Å². The third-order valence-corrected chi connectivity index (χ3v) is 6.91. The zero-order chi connectivity index (χ0) is 35.4. The van der Waals surface area contributed by atoms with Crippen LogP contribution in [-0.2, 0) is 41.1 Å². The van der Waals surface area contributed by atoms with Crippen molar-refractivity contribution in [1.29, 1.82) is 0 Å². The molecule has 0 saturated heterocycles. The number of nitrogens with zero attached hydrogens (tertiary/aromatic N) is 3. The number of ether oxygens (including phenoxy) is 3. The monoisotopic (exact) mass is 745 g/mol. The summed E-state index contributed by atoms with van der Waals surface area (Å²) in [5, 5.41) is 0. The van der Waals surface area contributed by atoms with Gasteiger partial charge in [-0.3, -0.25) is 4.79 Å². The molecular weight excluding hydrogens is 717 g/mol. The lowest BCUT2D eigenvalue weighted by Crippen LogP contribution is -2.25. The zero-order valence-electron chi connectivity index (χ0n) is 25.3. The van der Waals surface area contributed by atoms with Crippen LogP contribution in [0.15, 0.2) is 47.2 Å². The summed E-state index contributed by atoms with van der Waals surface area (Å²) >= 11 is 3.06. The maximum Gasteiger partial charge on any atom is 0.420 e. The van der Waals surface area contributed by atoms with Crippen LogP contribution in [0.5, 0.6) is 11.5 Å². The van der Waals surface area contributed by atoms with E-state index in [2.05, 4.69) is 25.9 Å². The number of alkyl halides is 9. The van der Waals surface area contributed by atoms with E-state index in [4.69, 9.17) is 14.2 Å². The summed E-state index contributed by atoms with van der Waals surface area (Å²) in [5.74, 6) is -1.06. The highest BCUT2D eigenvalue weighted by Gasteiger charge is 2.38. The van der Waals surface area contributed by atoms with Gasteiger partial charge in [-0.25, -0.2) is 9.97 Å². The summed E-state index contributed by atoms with van der Waals surface area (Å²) in [5.41, 5.74) is -5.15. The Hall–Kier alpha value is -3.76. The number of aromatic nitrogens is 2. The van der Waals surface area contributed by atoms with Gasteiger partial charge in [-0.1, -0.05) is 15.9 Å². The van der Waals surface area contributed by atoms with Gasteiger partial charge in [0.2, 0.25) is 5.95 Å². The number of hydrogen-bond acceptors (Lipinski definition) is 7. The molecule has 258 valence electrons. The number of carbonyl (C=O) groups is 1. The fourth-order valence-electron chi connectivity index (χ4n) is 4.19. The highest BCUT2D eigenvalue weighted by Crippen LogP contribution is 2.40. The molecule has 0 aliphatic heterocycles. The number of esters is 1. The van der Waals surface area contributed by atoms with Gasteiger partial charge in [-0.05, 0) is 68.7 Å². The van der Waals surface area contributed by atoms with Crippen molar-refractivity contribution in [2.24, 2.45) is 0 Å². The maximum absolute atomic E-state index is 13.5. The molecule has 0 aliphatic carbocycles. The van der Waals surface area contributed by atoms with Crippen LogP contribution in [0.1, 0.15) is 61.4 Å². The SMILES string of the molecule is COc1cc(CN(Cc2cc(C(F)(F)F)cc(C(F)(F)F)c2)c2ncc(OCCCC(=O)OC(C)(C)C)cn2)c(Br)cc1C(F)(F)F. The Morgan fingerprint density at radius 3 is 1.89 bits per heavy atom. The molecule has 0 radical (unpaired) electrons. The van der Waals surface area contributed by atoms with Crippen molar-refractivity contribution in [3.05, 3.63) is 75.0 Å². The second-order valence-corrected chi connectivity index (χ2v) is 12.0. The van der Waals surface area contributed by atoms with E-state index in [0.29, 0.717) is 12.1 Å². The number of rotatable bonds is 11. The Morgan fingerprint density at radius 2 is 1.40 bits per heavy atom. The first-order valence-electron chi connectivity index (χ1n) is 13.7. The number of hydrogen-bond donors (Lipinski definition) is 0. The minimum absolute atomic E-state index is 0.0173. The number of carbonyl (C=O) groups excluding carboxylic acids is 1. The van der Waals surface area contributed by atoms with E-state index in [1.165, 1.54) is 17.3 Å². The van der Waals surface area contributed by atoms with Gasteiger partial charge in [0.05, 0.1) is 42.8 Å². The minimum atomic E-state index is -5.11. The number of methoxy groups -OCH3 is 1. The van der Waals surface area contributed by atoms with Crippen LogP contribution in [-0.4, -0.2) is 35.3 Å². The second kappa shape index (κ2) is 14.6. The summed E-state index contributed by atoms with van der Waals surface area (Å²) in [4.78, 5) is 21.3. The van der Waals surface area contributed by atoms with Crippen molar-refractivity contribution >= 4 is 27.8 Å². The molecule has 7 nitrogen and oxygen atoms in total. The second-order valence-electron chi connectivity index (χ2n) is 11.2. The number of anilines is 1. The molecule has 0 fully saturated rings. The lowest BCUT2D eigenvalue weighted by atomic mass is 10.0. The standard InChI is InChI=1S/C30H29BrF9N3O4/c1-27(2,3)47-25(44)6-5-7-46-21-13-41-26(42-14-21)43(16-18-10-24(45-4)22(12-23(18)31)30(38,39)40)15-17-8-19(28(32,33)34)11-20(9-17)29(35,36)37/h8-14H,5-7,15-16H2,1-4H3. The van der Waals surface area contributed by atoms with Crippen LogP contribution >= 0.6 is 15.9 Å². The van der Waals surface area contributed by atoms with E-state index >= 15 is 0 Å². The summed E-state index contributed by atoms with van der Waals surface area (Å²) in [6, 6.07) is 2.83. The molecule has 2 aromatic carbocycles. The Balaban J connectivity index is 1.95. The molecule has 3 aromatic rings. The van der Waals surface area contributed by atoms with Gasteiger partial charge >= 0.3 is 24.5 Å². The average molecular weight is 746 g/mol. The van der Waals surface area contributed by atoms with E-state index in [1.54, 1.807) is 20.8 Å². The van der Waals surface area contributed by atoms with E-state index < -0.39 is 64.6 Å². The molecule has 0 saturated carbocycles. The molecule has 47 heavy (non-hydrogen) atoms. The van der Waals surface area contributed by atoms with E-state index in [-0.39, 0.29) is 53.8 Å². The van der Waals surface area contributed by atoms with E-state index in [0.717, 1.165) is 19.2 Å². The Kier molecular flexibility index (Phi) is 11.7. The highest BCUT2D eigenvalue weighted by molar-refractivity contribution is 9.10. The molecule has 0 N–H and O–H groups in total. The van der Waals surface area contributed by atoms with Crippen molar-refractivity contribution < 1.29 is 58.5 Å². The Labute approximate surface area is 272 Å². The van der Waals surface area contributed by atoms with Gasteiger partial charge in [0.15, 0.2) is 5.75 Å². The lowest BCUT2D eigenvalue weighted by Gasteiger charge is -2.25.